The molecule has 0 saturated heterocycles. The highest BCUT2D eigenvalue weighted by atomic mass is 79.9. The van der Waals surface area contributed by atoms with Gasteiger partial charge in [-0.15, -0.1) is 0 Å². The number of halogens is 3. The summed E-state index contributed by atoms with van der Waals surface area (Å²) in [6, 6.07) is 9.51. The Kier molecular flexibility index (Phi) is 4.32. The van der Waals surface area contributed by atoms with Crippen LogP contribution >= 0.6 is 15.9 Å². The quantitative estimate of drug-likeness (QED) is 0.895. The van der Waals surface area contributed by atoms with Crippen LogP contribution in [0.25, 0.3) is 0 Å². The second-order valence-corrected chi connectivity index (χ2v) is 5.44. The maximum atomic E-state index is 14.0. The van der Waals surface area contributed by atoms with Crippen molar-refractivity contribution in [2.75, 3.05) is 0 Å². The van der Waals surface area contributed by atoms with Gasteiger partial charge in [0.2, 0.25) is 0 Å². The van der Waals surface area contributed by atoms with Crippen molar-refractivity contribution in [3.63, 3.8) is 0 Å². The van der Waals surface area contributed by atoms with Crippen molar-refractivity contribution >= 4 is 15.9 Å². The van der Waals surface area contributed by atoms with E-state index in [4.69, 9.17) is 5.73 Å². The standard InChI is InChI=1S/C15H14BrF2N/c1-9-2-7-12(17)14(15(9)18)13(19)8-10-3-5-11(16)6-4-10/h2-7,13H,8,19H2,1H3. The van der Waals surface area contributed by atoms with Gasteiger partial charge in [-0.3, -0.25) is 0 Å². The summed E-state index contributed by atoms with van der Waals surface area (Å²) in [7, 11) is 0. The first kappa shape index (κ1) is 14.2. The van der Waals surface area contributed by atoms with E-state index >= 15 is 0 Å². The smallest absolute Gasteiger partial charge is 0.133 e. The number of hydrogen-bond acceptors (Lipinski definition) is 1. The van der Waals surface area contributed by atoms with Gasteiger partial charge in [0.25, 0.3) is 0 Å². The molecular weight excluding hydrogens is 312 g/mol. The lowest BCUT2D eigenvalue weighted by Gasteiger charge is -2.15. The summed E-state index contributed by atoms with van der Waals surface area (Å²) in [6.07, 6.45) is 0.393. The minimum atomic E-state index is -0.693. The van der Waals surface area contributed by atoms with Crippen molar-refractivity contribution in [3.8, 4) is 0 Å². The summed E-state index contributed by atoms with van der Waals surface area (Å²) in [5, 5.41) is 0. The van der Waals surface area contributed by atoms with E-state index in [1.54, 1.807) is 6.92 Å². The van der Waals surface area contributed by atoms with Gasteiger partial charge in [0.05, 0.1) is 0 Å². The topological polar surface area (TPSA) is 26.0 Å². The molecule has 0 saturated carbocycles. The van der Waals surface area contributed by atoms with Crippen molar-refractivity contribution in [1.29, 1.82) is 0 Å². The number of nitrogens with two attached hydrogens (primary N) is 1. The molecule has 0 aromatic heterocycles. The van der Waals surface area contributed by atoms with Crippen LogP contribution in [-0.2, 0) is 6.42 Å². The zero-order chi connectivity index (χ0) is 14.0. The Morgan fingerprint density at radius 3 is 2.37 bits per heavy atom. The maximum absolute atomic E-state index is 14.0. The molecule has 0 fully saturated rings. The second kappa shape index (κ2) is 5.80. The van der Waals surface area contributed by atoms with E-state index in [-0.39, 0.29) is 5.56 Å². The zero-order valence-electron chi connectivity index (χ0n) is 10.5. The first-order valence-corrected chi connectivity index (χ1v) is 6.73. The van der Waals surface area contributed by atoms with Crippen molar-refractivity contribution in [3.05, 3.63) is 69.2 Å². The highest BCUT2D eigenvalue weighted by molar-refractivity contribution is 9.10. The van der Waals surface area contributed by atoms with Crippen molar-refractivity contribution in [2.45, 2.75) is 19.4 Å². The Labute approximate surface area is 119 Å². The molecule has 1 nitrogen and oxygen atoms in total. The Bertz CT molecular complexity index is 581. The largest absolute Gasteiger partial charge is 0.323 e. The van der Waals surface area contributed by atoms with Crippen LogP contribution in [0, 0.1) is 18.6 Å². The first-order valence-electron chi connectivity index (χ1n) is 5.93. The van der Waals surface area contributed by atoms with Gasteiger partial charge >= 0.3 is 0 Å². The van der Waals surface area contributed by atoms with E-state index in [2.05, 4.69) is 15.9 Å². The molecule has 0 spiro atoms. The van der Waals surface area contributed by atoms with E-state index in [9.17, 15) is 8.78 Å². The number of hydrogen-bond donors (Lipinski definition) is 1. The number of benzene rings is 2. The molecule has 0 heterocycles. The molecule has 2 N–H and O–H groups in total. The van der Waals surface area contributed by atoms with Crippen molar-refractivity contribution < 1.29 is 8.78 Å². The van der Waals surface area contributed by atoms with Crippen LogP contribution in [0.5, 0.6) is 0 Å². The SMILES string of the molecule is Cc1ccc(F)c(C(N)Cc2ccc(Br)cc2)c1F. The fraction of sp³-hybridized carbons (Fsp3) is 0.200. The fourth-order valence-corrected chi connectivity index (χ4v) is 2.26. The first-order chi connectivity index (χ1) is 8.99. The van der Waals surface area contributed by atoms with Crippen LogP contribution < -0.4 is 5.73 Å². The lowest BCUT2D eigenvalue weighted by Crippen LogP contribution is -2.17. The average Bonchev–Trinajstić information content (AvgIpc) is 2.37. The third kappa shape index (κ3) is 3.19. The molecule has 4 heteroatoms. The molecule has 2 rings (SSSR count). The molecule has 0 amide bonds. The highest BCUT2D eigenvalue weighted by Gasteiger charge is 2.18. The molecule has 0 aliphatic rings. The molecule has 0 aliphatic heterocycles. The maximum Gasteiger partial charge on any atom is 0.133 e. The van der Waals surface area contributed by atoms with Gasteiger partial charge < -0.3 is 5.73 Å². The van der Waals surface area contributed by atoms with Crippen LogP contribution in [0.2, 0.25) is 0 Å². The number of aryl methyl sites for hydroxylation is 1. The second-order valence-electron chi connectivity index (χ2n) is 4.53. The van der Waals surface area contributed by atoms with Gasteiger partial charge in [0, 0.05) is 16.1 Å². The van der Waals surface area contributed by atoms with Crippen molar-refractivity contribution in [1.82, 2.24) is 0 Å². The molecule has 2 aromatic carbocycles. The molecule has 0 aliphatic carbocycles. The van der Waals surface area contributed by atoms with Crippen molar-refractivity contribution in [2.24, 2.45) is 5.73 Å². The Balaban J connectivity index is 2.27. The van der Waals surface area contributed by atoms with Crippen LogP contribution in [0.1, 0.15) is 22.7 Å². The van der Waals surface area contributed by atoms with Gasteiger partial charge in [0.15, 0.2) is 0 Å². The van der Waals surface area contributed by atoms with E-state index in [1.165, 1.54) is 12.1 Å². The molecule has 1 atom stereocenters. The summed E-state index contributed by atoms with van der Waals surface area (Å²) in [4.78, 5) is 0. The van der Waals surface area contributed by atoms with Crippen LogP contribution in [0.3, 0.4) is 0 Å². The summed E-state index contributed by atoms with van der Waals surface area (Å²) < 4.78 is 28.6. The van der Waals surface area contributed by atoms with Crippen LogP contribution in [-0.4, -0.2) is 0 Å². The Morgan fingerprint density at radius 2 is 1.74 bits per heavy atom. The highest BCUT2D eigenvalue weighted by Crippen LogP contribution is 2.25. The Morgan fingerprint density at radius 1 is 1.11 bits per heavy atom. The summed E-state index contributed by atoms with van der Waals surface area (Å²) in [6.45, 7) is 1.60. The van der Waals surface area contributed by atoms with Gasteiger partial charge in [0.1, 0.15) is 11.6 Å². The summed E-state index contributed by atoms with van der Waals surface area (Å²) >= 11 is 3.34. The Hall–Kier alpha value is -1.26. The molecule has 0 radical (unpaired) electrons. The van der Waals surface area contributed by atoms with Crippen LogP contribution in [0.15, 0.2) is 40.9 Å². The summed E-state index contributed by atoms with van der Waals surface area (Å²) in [5.74, 6) is -1.14. The average molecular weight is 326 g/mol. The van der Waals surface area contributed by atoms with Gasteiger partial charge in [-0.1, -0.05) is 34.1 Å². The third-order valence-corrected chi connectivity index (χ3v) is 3.59. The minimum Gasteiger partial charge on any atom is -0.323 e. The minimum absolute atomic E-state index is 0.0390. The molecule has 2 aromatic rings. The van der Waals surface area contributed by atoms with Gasteiger partial charge in [-0.2, -0.15) is 0 Å². The monoisotopic (exact) mass is 325 g/mol. The lowest BCUT2D eigenvalue weighted by atomic mass is 9.97. The van der Waals surface area contributed by atoms with E-state index in [0.717, 1.165) is 10.0 Å². The molecule has 100 valence electrons. The van der Waals surface area contributed by atoms with E-state index in [0.29, 0.717) is 12.0 Å². The number of rotatable bonds is 3. The molecule has 19 heavy (non-hydrogen) atoms. The van der Waals surface area contributed by atoms with Crippen LogP contribution in [0.4, 0.5) is 8.78 Å². The summed E-state index contributed by atoms with van der Waals surface area (Å²) in [5.41, 5.74) is 7.25. The molecule has 1 unspecified atom stereocenters. The normalized spacial score (nSPS) is 12.5. The molecule has 0 bridgehead atoms. The third-order valence-electron chi connectivity index (χ3n) is 3.06. The van der Waals surface area contributed by atoms with E-state index in [1.807, 2.05) is 24.3 Å². The van der Waals surface area contributed by atoms with E-state index < -0.39 is 17.7 Å². The van der Waals surface area contributed by atoms with Gasteiger partial charge in [-0.05, 0) is 42.7 Å². The zero-order valence-corrected chi connectivity index (χ0v) is 12.0. The lowest BCUT2D eigenvalue weighted by molar-refractivity contribution is 0.520. The van der Waals surface area contributed by atoms with Gasteiger partial charge in [-0.25, -0.2) is 8.78 Å². The predicted octanol–water partition coefficient (Wildman–Crippen LogP) is 4.28. The predicted molar refractivity (Wildman–Crippen MR) is 75.9 cm³/mol. The molecular formula is C15H14BrF2N. The fourth-order valence-electron chi connectivity index (χ4n) is 1.99.